The molecule has 1 aromatic heterocycles. The van der Waals surface area contributed by atoms with Gasteiger partial charge in [-0.1, -0.05) is 17.7 Å². The monoisotopic (exact) mass is 428 g/mol. The van der Waals surface area contributed by atoms with E-state index in [-0.39, 0.29) is 12.5 Å². The zero-order valence-electron chi connectivity index (χ0n) is 16.3. The number of likely N-dealkylation sites (N-methyl/N-ethyl adjacent to an activating group) is 1. The largest absolute Gasteiger partial charge is 0.484 e. The molecular formula is C21H21ClN4O4. The lowest BCUT2D eigenvalue weighted by Crippen LogP contribution is -2.29. The molecule has 1 aliphatic heterocycles. The summed E-state index contributed by atoms with van der Waals surface area (Å²) in [5.41, 5.74) is 0.675. The fourth-order valence-electron chi connectivity index (χ4n) is 3.54. The van der Waals surface area contributed by atoms with E-state index in [0.29, 0.717) is 47.3 Å². The van der Waals surface area contributed by atoms with Crippen molar-refractivity contribution in [3.05, 3.63) is 58.0 Å². The SMILES string of the molecule is CNC(=O)COc1cccc(-n2c(=O)nc(N3CC[C@@H](O)C3)c3ccc(Cl)cc32)c1. The zero-order chi connectivity index (χ0) is 21.3. The second kappa shape index (κ2) is 8.33. The fraction of sp³-hybridized carbons (Fsp3) is 0.286. The van der Waals surface area contributed by atoms with Crippen LogP contribution in [0, 0.1) is 0 Å². The summed E-state index contributed by atoms with van der Waals surface area (Å²) < 4.78 is 6.97. The molecule has 156 valence electrons. The number of carbonyl (C=O) groups is 1. The first-order chi connectivity index (χ1) is 14.5. The van der Waals surface area contributed by atoms with Crippen LogP contribution in [0.4, 0.5) is 5.82 Å². The molecule has 4 rings (SSSR count). The molecule has 0 unspecified atom stereocenters. The summed E-state index contributed by atoms with van der Waals surface area (Å²) in [7, 11) is 1.53. The second-order valence-corrected chi connectivity index (χ2v) is 7.50. The molecule has 0 saturated carbocycles. The standard InChI is InChI=1S/C21H21ClN4O4/c1-23-19(28)12-30-16-4-2-3-14(10-16)26-18-9-13(22)5-6-17(18)20(24-21(26)29)25-8-7-15(27)11-25/h2-6,9-10,15,27H,7-8,11-12H2,1H3,(H,23,28)/t15-/m1/s1. The van der Waals surface area contributed by atoms with Crippen molar-refractivity contribution in [1.82, 2.24) is 14.9 Å². The molecule has 0 radical (unpaired) electrons. The number of β-amino-alcohol motifs (C(OH)–C–C–N with tert-alkyl or cyclic N) is 1. The summed E-state index contributed by atoms with van der Waals surface area (Å²) in [6, 6.07) is 12.2. The Hall–Kier alpha value is -3.10. The van der Waals surface area contributed by atoms with Crippen LogP contribution in [0.25, 0.3) is 16.6 Å². The normalized spacial score (nSPS) is 16.1. The number of benzene rings is 2. The summed E-state index contributed by atoms with van der Waals surface area (Å²) in [5.74, 6) is 0.727. The summed E-state index contributed by atoms with van der Waals surface area (Å²) >= 11 is 6.24. The number of rotatable bonds is 5. The fourth-order valence-corrected chi connectivity index (χ4v) is 3.71. The number of aliphatic hydroxyl groups excluding tert-OH is 1. The van der Waals surface area contributed by atoms with Crippen LogP contribution < -0.4 is 20.6 Å². The van der Waals surface area contributed by atoms with Crippen LogP contribution >= 0.6 is 11.6 Å². The van der Waals surface area contributed by atoms with Crippen molar-refractivity contribution in [3.8, 4) is 11.4 Å². The number of aliphatic hydroxyl groups is 1. The molecule has 8 nitrogen and oxygen atoms in total. The molecule has 1 saturated heterocycles. The smallest absolute Gasteiger partial charge is 0.354 e. The average molecular weight is 429 g/mol. The third kappa shape index (κ3) is 3.96. The minimum Gasteiger partial charge on any atom is -0.484 e. The molecule has 0 spiro atoms. The van der Waals surface area contributed by atoms with E-state index in [9.17, 15) is 14.7 Å². The van der Waals surface area contributed by atoms with Crippen LogP contribution in [-0.4, -0.2) is 53.4 Å². The van der Waals surface area contributed by atoms with Gasteiger partial charge in [0, 0.05) is 36.6 Å². The third-order valence-corrected chi connectivity index (χ3v) is 5.26. The molecule has 1 fully saturated rings. The maximum absolute atomic E-state index is 13.0. The second-order valence-electron chi connectivity index (χ2n) is 7.06. The summed E-state index contributed by atoms with van der Waals surface area (Å²) in [4.78, 5) is 30.7. The van der Waals surface area contributed by atoms with Gasteiger partial charge in [0.1, 0.15) is 11.6 Å². The number of hydrogen-bond donors (Lipinski definition) is 2. The van der Waals surface area contributed by atoms with Crippen LogP contribution in [0.3, 0.4) is 0 Å². The van der Waals surface area contributed by atoms with Gasteiger partial charge in [-0.3, -0.25) is 9.36 Å². The number of nitrogens with one attached hydrogen (secondary N) is 1. The predicted molar refractivity (Wildman–Crippen MR) is 115 cm³/mol. The maximum Gasteiger partial charge on any atom is 0.354 e. The van der Waals surface area contributed by atoms with Crippen molar-refractivity contribution in [2.24, 2.45) is 0 Å². The van der Waals surface area contributed by atoms with Gasteiger partial charge in [-0.2, -0.15) is 4.98 Å². The van der Waals surface area contributed by atoms with Crippen LogP contribution in [0.5, 0.6) is 5.75 Å². The van der Waals surface area contributed by atoms with Crippen molar-refractivity contribution in [1.29, 1.82) is 0 Å². The summed E-state index contributed by atoms with van der Waals surface area (Å²) in [5, 5.41) is 13.6. The Morgan fingerprint density at radius 1 is 1.33 bits per heavy atom. The van der Waals surface area contributed by atoms with E-state index in [1.54, 1.807) is 36.4 Å². The molecule has 1 atom stereocenters. The Morgan fingerprint density at radius 3 is 2.90 bits per heavy atom. The van der Waals surface area contributed by atoms with Crippen molar-refractivity contribution in [3.63, 3.8) is 0 Å². The van der Waals surface area contributed by atoms with Crippen LogP contribution in [0.15, 0.2) is 47.3 Å². The number of carbonyl (C=O) groups excluding carboxylic acids is 1. The predicted octanol–water partition coefficient (Wildman–Crippen LogP) is 1.73. The zero-order valence-corrected chi connectivity index (χ0v) is 17.1. The maximum atomic E-state index is 13.0. The van der Waals surface area contributed by atoms with Gasteiger partial charge >= 0.3 is 5.69 Å². The van der Waals surface area contributed by atoms with E-state index in [1.807, 2.05) is 11.0 Å². The number of amides is 1. The van der Waals surface area contributed by atoms with Gasteiger partial charge in [0.2, 0.25) is 0 Å². The highest BCUT2D eigenvalue weighted by atomic mass is 35.5. The number of ether oxygens (including phenoxy) is 1. The number of fused-ring (bicyclic) bond motifs is 1. The van der Waals surface area contributed by atoms with Crippen molar-refractivity contribution in [2.45, 2.75) is 12.5 Å². The van der Waals surface area contributed by atoms with Crippen LogP contribution in [-0.2, 0) is 4.79 Å². The quantitative estimate of drug-likeness (QED) is 0.642. The lowest BCUT2D eigenvalue weighted by atomic mass is 10.2. The van der Waals surface area contributed by atoms with Crippen LogP contribution in [0.2, 0.25) is 5.02 Å². The van der Waals surface area contributed by atoms with Gasteiger partial charge in [-0.15, -0.1) is 0 Å². The van der Waals surface area contributed by atoms with Crippen molar-refractivity contribution >= 4 is 34.2 Å². The minimum atomic E-state index is -0.468. The highest BCUT2D eigenvalue weighted by Crippen LogP contribution is 2.30. The van der Waals surface area contributed by atoms with E-state index in [4.69, 9.17) is 16.3 Å². The highest BCUT2D eigenvalue weighted by Gasteiger charge is 2.24. The Bertz CT molecular complexity index is 1160. The van der Waals surface area contributed by atoms with E-state index < -0.39 is 11.8 Å². The molecule has 3 aromatic rings. The van der Waals surface area contributed by atoms with Gasteiger partial charge in [-0.25, -0.2) is 4.79 Å². The van der Waals surface area contributed by atoms with Gasteiger partial charge in [0.15, 0.2) is 6.61 Å². The molecule has 2 N–H and O–H groups in total. The number of hydrogen-bond acceptors (Lipinski definition) is 6. The lowest BCUT2D eigenvalue weighted by Gasteiger charge is -2.20. The van der Waals surface area contributed by atoms with Crippen molar-refractivity contribution < 1.29 is 14.6 Å². The van der Waals surface area contributed by atoms with Crippen LogP contribution in [0.1, 0.15) is 6.42 Å². The molecule has 1 amide bonds. The van der Waals surface area contributed by atoms with E-state index >= 15 is 0 Å². The molecule has 0 aliphatic carbocycles. The number of anilines is 1. The molecular weight excluding hydrogens is 408 g/mol. The first kappa shape index (κ1) is 20.2. The molecule has 30 heavy (non-hydrogen) atoms. The molecule has 1 aliphatic rings. The Balaban J connectivity index is 1.82. The number of nitrogens with zero attached hydrogens (tertiary/aromatic N) is 3. The van der Waals surface area contributed by atoms with Gasteiger partial charge < -0.3 is 20.1 Å². The molecule has 2 aromatic carbocycles. The molecule has 0 bridgehead atoms. The first-order valence-corrected chi connectivity index (χ1v) is 9.93. The lowest BCUT2D eigenvalue weighted by molar-refractivity contribution is -0.122. The summed E-state index contributed by atoms with van der Waals surface area (Å²) in [6.07, 6.45) is 0.190. The van der Waals surface area contributed by atoms with Crippen molar-refractivity contribution in [2.75, 3.05) is 31.6 Å². The van der Waals surface area contributed by atoms with E-state index in [2.05, 4.69) is 10.3 Å². The minimum absolute atomic E-state index is 0.129. The molecule has 9 heteroatoms. The topological polar surface area (TPSA) is 96.7 Å². The summed E-state index contributed by atoms with van der Waals surface area (Å²) in [6.45, 7) is 0.922. The Kier molecular flexibility index (Phi) is 5.61. The Labute approximate surface area is 177 Å². The molecule has 2 heterocycles. The Morgan fingerprint density at radius 2 is 2.17 bits per heavy atom. The first-order valence-electron chi connectivity index (χ1n) is 9.55. The van der Waals surface area contributed by atoms with E-state index in [0.717, 1.165) is 5.39 Å². The average Bonchev–Trinajstić information content (AvgIpc) is 3.17. The number of halogens is 1. The highest BCUT2D eigenvalue weighted by molar-refractivity contribution is 6.31. The van der Waals surface area contributed by atoms with Gasteiger partial charge in [0.05, 0.1) is 17.3 Å². The number of aromatic nitrogens is 2. The van der Waals surface area contributed by atoms with Gasteiger partial charge in [-0.05, 0) is 36.8 Å². The van der Waals surface area contributed by atoms with Gasteiger partial charge in [0.25, 0.3) is 5.91 Å². The third-order valence-electron chi connectivity index (χ3n) is 5.02. The van der Waals surface area contributed by atoms with E-state index in [1.165, 1.54) is 11.6 Å².